The topological polar surface area (TPSA) is 80.9 Å². The second kappa shape index (κ2) is 8.36. The van der Waals surface area contributed by atoms with Gasteiger partial charge < -0.3 is 20.4 Å². The molecule has 11 atom stereocenters. The van der Waals surface area contributed by atoms with E-state index in [-0.39, 0.29) is 17.8 Å². The third-order valence-corrected chi connectivity index (χ3v) is 11.4. The number of hydrogen-bond acceptors (Lipinski definition) is 4. The molecule has 4 nitrogen and oxygen atoms in total. The van der Waals surface area contributed by atoms with Crippen molar-refractivity contribution in [3.63, 3.8) is 0 Å². The lowest BCUT2D eigenvalue weighted by Gasteiger charge is -2.66. The zero-order valence-electron chi connectivity index (χ0n) is 21.1. The molecule has 10 unspecified atom stereocenters. The lowest BCUT2D eigenvalue weighted by molar-refractivity contribution is -0.294. The minimum atomic E-state index is -1.40. The van der Waals surface area contributed by atoms with Crippen LogP contribution in [-0.2, 0) is 0 Å². The van der Waals surface area contributed by atoms with E-state index in [2.05, 4.69) is 34.3 Å². The molecule has 0 spiro atoms. The monoisotopic (exact) mass is 448 g/mol. The number of rotatable bonds is 5. The molecule has 0 aromatic heterocycles. The maximum atomic E-state index is 11.6. The van der Waals surface area contributed by atoms with Crippen LogP contribution in [0, 0.1) is 46.3 Å². The van der Waals surface area contributed by atoms with Gasteiger partial charge in [-0.2, -0.15) is 0 Å². The van der Waals surface area contributed by atoms with Crippen LogP contribution in [0.25, 0.3) is 0 Å². The quantitative estimate of drug-likeness (QED) is 0.460. The van der Waals surface area contributed by atoms with Gasteiger partial charge >= 0.3 is 0 Å². The van der Waals surface area contributed by atoms with Crippen molar-refractivity contribution in [3.05, 3.63) is 12.2 Å². The summed E-state index contributed by atoms with van der Waals surface area (Å²) in [5.41, 5.74) is -0.531. The molecule has 32 heavy (non-hydrogen) atoms. The summed E-state index contributed by atoms with van der Waals surface area (Å²) in [6.07, 6.45) is 5.55. The second-order valence-electron chi connectivity index (χ2n) is 13.0. The molecule has 4 fully saturated rings. The lowest BCUT2D eigenvalue weighted by atomic mass is 9.41. The Balaban J connectivity index is 1.56. The van der Waals surface area contributed by atoms with E-state index in [1.165, 1.54) is 24.8 Å². The van der Waals surface area contributed by atoms with Crippen LogP contribution >= 0.6 is 0 Å². The van der Waals surface area contributed by atoms with E-state index in [1.807, 2.05) is 6.92 Å². The predicted octanol–water partition coefficient (Wildman–Crippen LogP) is 4.69. The van der Waals surface area contributed by atoms with Crippen molar-refractivity contribution < 1.29 is 20.4 Å². The van der Waals surface area contributed by atoms with Gasteiger partial charge in [0.1, 0.15) is 5.60 Å². The van der Waals surface area contributed by atoms with Gasteiger partial charge in [0.25, 0.3) is 0 Å². The average Bonchev–Trinajstić information content (AvgIpc) is 3.06. The Morgan fingerprint density at radius 1 is 0.969 bits per heavy atom. The van der Waals surface area contributed by atoms with Gasteiger partial charge in [-0.1, -0.05) is 46.8 Å². The van der Waals surface area contributed by atoms with Crippen LogP contribution in [0.4, 0.5) is 0 Å². The highest BCUT2D eigenvalue weighted by atomic mass is 16.4. The fourth-order valence-electron chi connectivity index (χ4n) is 9.21. The van der Waals surface area contributed by atoms with Crippen LogP contribution in [0.5, 0.6) is 0 Å². The Hall–Kier alpha value is -0.420. The van der Waals surface area contributed by atoms with E-state index in [4.69, 9.17) is 0 Å². The van der Waals surface area contributed by atoms with Gasteiger partial charge in [-0.25, -0.2) is 0 Å². The van der Waals surface area contributed by atoms with E-state index >= 15 is 0 Å². The van der Waals surface area contributed by atoms with Gasteiger partial charge in [0.2, 0.25) is 0 Å². The lowest BCUT2D eigenvalue weighted by Crippen LogP contribution is -2.72. The zero-order valence-corrected chi connectivity index (χ0v) is 21.1. The Morgan fingerprint density at radius 3 is 2.31 bits per heavy atom. The van der Waals surface area contributed by atoms with Crippen molar-refractivity contribution in [1.29, 1.82) is 0 Å². The van der Waals surface area contributed by atoms with E-state index in [0.717, 1.165) is 19.3 Å². The van der Waals surface area contributed by atoms with Crippen molar-refractivity contribution in [3.8, 4) is 0 Å². The second-order valence-corrected chi connectivity index (χ2v) is 13.0. The molecule has 184 valence electrons. The third-order valence-electron chi connectivity index (χ3n) is 11.4. The SMILES string of the molecule is C=C(CCC(C)C1CCC2C3CC(O)[C@@]4(O)CC(O)CC(O)C4(C)C3CCC12C)C(C)C. The number of fused-ring (bicyclic) bond motifs is 5. The molecular formula is C28H48O4. The highest BCUT2D eigenvalue weighted by Crippen LogP contribution is 2.69. The molecule has 4 heteroatoms. The van der Waals surface area contributed by atoms with Crippen molar-refractivity contribution in [2.45, 2.75) is 116 Å². The molecule has 0 amide bonds. The smallest absolute Gasteiger partial charge is 0.101 e. The summed E-state index contributed by atoms with van der Waals surface area (Å²) >= 11 is 0. The van der Waals surface area contributed by atoms with Crippen molar-refractivity contribution in [1.82, 2.24) is 0 Å². The molecule has 4 N–H and O–H groups in total. The minimum absolute atomic E-state index is 0.173. The molecule has 4 rings (SSSR count). The summed E-state index contributed by atoms with van der Waals surface area (Å²) < 4.78 is 0. The van der Waals surface area contributed by atoms with E-state index in [1.54, 1.807) is 0 Å². The van der Waals surface area contributed by atoms with Gasteiger partial charge in [-0.05, 0) is 92.3 Å². The first-order valence-electron chi connectivity index (χ1n) is 13.3. The summed E-state index contributed by atoms with van der Waals surface area (Å²) in [4.78, 5) is 0. The summed E-state index contributed by atoms with van der Waals surface area (Å²) in [5.74, 6) is 2.98. The number of allylic oxidation sites excluding steroid dienone is 1. The van der Waals surface area contributed by atoms with Gasteiger partial charge in [-0.3, -0.25) is 0 Å². The average molecular weight is 449 g/mol. The van der Waals surface area contributed by atoms with E-state index < -0.39 is 29.3 Å². The molecule has 0 saturated heterocycles. The van der Waals surface area contributed by atoms with Crippen LogP contribution in [-0.4, -0.2) is 44.3 Å². The van der Waals surface area contributed by atoms with Crippen LogP contribution in [0.3, 0.4) is 0 Å². The highest BCUT2D eigenvalue weighted by molar-refractivity contribution is 5.19. The zero-order chi connectivity index (χ0) is 23.6. The molecule has 0 aromatic rings. The molecule has 0 radical (unpaired) electrons. The molecule has 4 saturated carbocycles. The first kappa shape index (κ1) is 24.7. The van der Waals surface area contributed by atoms with Gasteiger partial charge in [0.05, 0.1) is 18.3 Å². The van der Waals surface area contributed by atoms with E-state index in [0.29, 0.717) is 42.4 Å². The molecule has 0 heterocycles. The van der Waals surface area contributed by atoms with Gasteiger partial charge in [0.15, 0.2) is 0 Å². The number of aliphatic hydroxyl groups excluding tert-OH is 3. The molecule has 4 aliphatic carbocycles. The summed E-state index contributed by atoms with van der Waals surface area (Å²) in [7, 11) is 0. The van der Waals surface area contributed by atoms with Crippen molar-refractivity contribution >= 4 is 0 Å². The predicted molar refractivity (Wildman–Crippen MR) is 128 cm³/mol. The Bertz CT molecular complexity index is 720. The highest BCUT2D eigenvalue weighted by Gasteiger charge is 2.70. The van der Waals surface area contributed by atoms with Crippen LogP contribution in [0.1, 0.15) is 92.4 Å². The summed E-state index contributed by atoms with van der Waals surface area (Å²) in [5, 5.41) is 44.2. The Morgan fingerprint density at radius 2 is 1.66 bits per heavy atom. The fourth-order valence-corrected chi connectivity index (χ4v) is 9.21. The van der Waals surface area contributed by atoms with Crippen LogP contribution in [0.2, 0.25) is 0 Å². The minimum Gasteiger partial charge on any atom is -0.393 e. The Kier molecular flexibility index (Phi) is 6.45. The maximum absolute atomic E-state index is 11.6. The van der Waals surface area contributed by atoms with Crippen molar-refractivity contribution in [2.24, 2.45) is 46.3 Å². The largest absolute Gasteiger partial charge is 0.393 e. The van der Waals surface area contributed by atoms with E-state index in [9.17, 15) is 20.4 Å². The summed E-state index contributed by atoms with van der Waals surface area (Å²) in [6.45, 7) is 15.7. The van der Waals surface area contributed by atoms with Crippen molar-refractivity contribution in [2.75, 3.05) is 0 Å². The molecular weight excluding hydrogens is 400 g/mol. The van der Waals surface area contributed by atoms with Crippen LogP contribution < -0.4 is 0 Å². The number of aliphatic hydroxyl groups is 4. The van der Waals surface area contributed by atoms with Crippen LogP contribution in [0.15, 0.2) is 12.2 Å². The molecule has 4 aliphatic rings. The standard InChI is InChI=1S/C28H48O4/c1-16(2)17(3)7-8-18(4)21-9-10-22-20-14-25(31)28(32)15-19(29)13-24(30)27(28,6)23(20)11-12-26(21,22)5/h16,18-25,29-32H,3,7-15H2,1-2,4-6H3/t18?,19?,20?,21?,22?,23?,24?,25?,26?,27?,28-/m0/s1. The normalized spacial score (nSPS) is 51.6. The first-order chi connectivity index (χ1) is 14.9. The summed E-state index contributed by atoms with van der Waals surface area (Å²) in [6, 6.07) is 0. The first-order valence-corrected chi connectivity index (χ1v) is 13.3. The van der Waals surface area contributed by atoms with Gasteiger partial charge in [-0.15, -0.1) is 0 Å². The third kappa shape index (κ3) is 3.46. The molecule has 0 bridgehead atoms. The maximum Gasteiger partial charge on any atom is 0.101 e. The number of hydrogen-bond donors (Lipinski definition) is 4. The molecule has 0 aromatic carbocycles. The molecule has 0 aliphatic heterocycles. The fraction of sp³-hybridized carbons (Fsp3) is 0.929. The van der Waals surface area contributed by atoms with Gasteiger partial charge in [0, 0.05) is 11.8 Å². The Labute approximate surface area is 195 Å².